The fraction of sp³-hybridized carbons (Fsp3) is 0.400. The van der Waals surface area contributed by atoms with Crippen LogP contribution in [0.15, 0.2) is 39.9 Å². The second kappa shape index (κ2) is 10.2. The third kappa shape index (κ3) is 5.39. The Balaban J connectivity index is 1.77. The van der Waals surface area contributed by atoms with Gasteiger partial charge in [0.1, 0.15) is 11.3 Å². The standard InChI is InChI=1S/C20H22BrClN2O5/c1-27-8-3-9-28-19-10-13(15(21)11-16(19)22)17-4-2-7-24(17)29-20(26)14-12-23-6-5-18(14)25/h5-6,10-12,17H,2-4,7-9H2,1H3,(H,23,25)/t17-/m0/s1. The number of hydroxylamine groups is 2. The van der Waals surface area contributed by atoms with Gasteiger partial charge in [0.15, 0.2) is 5.43 Å². The number of nitrogens with one attached hydrogen (secondary N) is 1. The van der Waals surface area contributed by atoms with E-state index in [2.05, 4.69) is 20.9 Å². The lowest BCUT2D eigenvalue weighted by molar-refractivity contribution is -0.120. The summed E-state index contributed by atoms with van der Waals surface area (Å²) in [6.45, 7) is 1.65. The van der Waals surface area contributed by atoms with Crippen molar-refractivity contribution in [3.8, 4) is 5.75 Å². The van der Waals surface area contributed by atoms with Crippen LogP contribution in [0.5, 0.6) is 5.75 Å². The molecular weight excluding hydrogens is 464 g/mol. The molecule has 0 bridgehead atoms. The first-order chi connectivity index (χ1) is 14.0. The number of methoxy groups -OCH3 is 1. The minimum atomic E-state index is -0.681. The van der Waals surface area contributed by atoms with Crippen molar-refractivity contribution in [2.45, 2.75) is 25.3 Å². The Morgan fingerprint density at radius 3 is 2.97 bits per heavy atom. The monoisotopic (exact) mass is 484 g/mol. The Morgan fingerprint density at radius 1 is 1.38 bits per heavy atom. The van der Waals surface area contributed by atoms with Crippen LogP contribution in [-0.2, 0) is 9.57 Å². The molecule has 0 spiro atoms. The van der Waals surface area contributed by atoms with Gasteiger partial charge in [0.05, 0.1) is 17.7 Å². The molecular formula is C20H22BrClN2O5. The molecule has 1 aromatic carbocycles. The largest absolute Gasteiger partial charge is 0.492 e. The fourth-order valence-corrected chi connectivity index (χ4v) is 4.15. The average molecular weight is 486 g/mol. The third-order valence-electron chi connectivity index (χ3n) is 4.61. The van der Waals surface area contributed by atoms with Gasteiger partial charge in [-0.05, 0) is 30.5 Å². The Morgan fingerprint density at radius 2 is 2.21 bits per heavy atom. The molecule has 1 fully saturated rings. The van der Waals surface area contributed by atoms with Gasteiger partial charge in [0, 0.05) is 49.6 Å². The molecule has 7 nitrogen and oxygen atoms in total. The highest BCUT2D eigenvalue weighted by molar-refractivity contribution is 9.10. The molecule has 3 rings (SSSR count). The highest BCUT2D eigenvalue weighted by atomic mass is 79.9. The number of hydrogen-bond donors (Lipinski definition) is 1. The Labute approximate surface area is 182 Å². The predicted octanol–water partition coefficient (Wildman–Crippen LogP) is 4.12. The second-order valence-corrected chi connectivity index (χ2v) is 7.86. The van der Waals surface area contributed by atoms with Crippen LogP contribution in [0.2, 0.25) is 5.02 Å². The number of aromatic nitrogens is 1. The van der Waals surface area contributed by atoms with Gasteiger partial charge in [0.2, 0.25) is 0 Å². The van der Waals surface area contributed by atoms with E-state index in [0.29, 0.717) is 30.5 Å². The summed E-state index contributed by atoms with van der Waals surface area (Å²) in [7, 11) is 1.64. The predicted molar refractivity (Wildman–Crippen MR) is 112 cm³/mol. The van der Waals surface area contributed by atoms with Crippen LogP contribution in [0.1, 0.15) is 41.2 Å². The molecule has 29 heavy (non-hydrogen) atoms. The van der Waals surface area contributed by atoms with Crippen molar-refractivity contribution in [2.75, 3.05) is 26.9 Å². The van der Waals surface area contributed by atoms with E-state index in [1.807, 2.05) is 6.07 Å². The number of pyridine rings is 1. The summed E-state index contributed by atoms with van der Waals surface area (Å²) in [5.74, 6) is -0.112. The lowest BCUT2D eigenvalue weighted by Crippen LogP contribution is -2.29. The van der Waals surface area contributed by atoms with Crippen molar-refractivity contribution in [3.63, 3.8) is 0 Å². The number of benzene rings is 1. The van der Waals surface area contributed by atoms with Gasteiger partial charge in [-0.25, -0.2) is 4.79 Å². The van der Waals surface area contributed by atoms with Gasteiger partial charge in [-0.1, -0.05) is 27.5 Å². The number of nitrogens with zero attached hydrogens (tertiary/aromatic N) is 1. The molecule has 0 radical (unpaired) electrons. The Hall–Kier alpha value is -1.87. The molecule has 1 aliphatic heterocycles. The van der Waals surface area contributed by atoms with Gasteiger partial charge in [-0.3, -0.25) is 4.79 Å². The van der Waals surface area contributed by atoms with Crippen molar-refractivity contribution < 1.29 is 19.1 Å². The molecule has 1 N–H and O–H groups in total. The number of carbonyl (C=O) groups is 1. The van der Waals surface area contributed by atoms with Crippen molar-refractivity contribution in [1.82, 2.24) is 10.0 Å². The molecule has 0 unspecified atom stereocenters. The number of ether oxygens (including phenoxy) is 2. The van der Waals surface area contributed by atoms with E-state index >= 15 is 0 Å². The normalized spacial score (nSPS) is 16.7. The highest BCUT2D eigenvalue weighted by Crippen LogP contribution is 2.40. The van der Waals surface area contributed by atoms with Gasteiger partial charge >= 0.3 is 5.97 Å². The molecule has 1 aromatic heterocycles. The van der Waals surface area contributed by atoms with E-state index in [1.54, 1.807) is 18.2 Å². The zero-order chi connectivity index (χ0) is 20.8. The topological polar surface area (TPSA) is 80.9 Å². The van der Waals surface area contributed by atoms with Gasteiger partial charge in [0.25, 0.3) is 0 Å². The van der Waals surface area contributed by atoms with Crippen LogP contribution in [-0.4, -0.2) is 42.9 Å². The average Bonchev–Trinajstić information content (AvgIpc) is 3.14. The molecule has 1 saturated heterocycles. The molecule has 2 aromatic rings. The number of carbonyl (C=O) groups excluding carboxylic acids is 1. The SMILES string of the molecule is COCCCOc1cc([C@@H]2CCCN2OC(=O)c2c[nH]ccc2=O)c(Br)cc1Cl. The van der Waals surface area contributed by atoms with Crippen LogP contribution in [0.3, 0.4) is 0 Å². The zero-order valence-corrected chi connectivity index (χ0v) is 18.3. The second-order valence-electron chi connectivity index (χ2n) is 6.60. The molecule has 0 aliphatic carbocycles. The summed E-state index contributed by atoms with van der Waals surface area (Å²) in [4.78, 5) is 32.6. The number of H-pyrrole nitrogens is 1. The van der Waals surface area contributed by atoms with E-state index in [4.69, 9.17) is 25.9 Å². The van der Waals surface area contributed by atoms with Crippen LogP contribution in [0.25, 0.3) is 0 Å². The van der Waals surface area contributed by atoms with Gasteiger partial charge < -0.3 is 19.3 Å². The molecule has 9 heteroatoms. The minimum Gasteiger partial charge on any atom is -0.492 e. The van der Waals surface area contributed by atoms with Crippen molar-refractivity contribution in [3.05, 3.63) is 61.4 Å². The van der Waals surface area contributed by atoms with Crippen LogP contribution in [0, 0.1) is 0 Å². The number of aromatic amines is 1. The van der Waals surface area contributed by atoms with E-state index in [1.165, 1.54) is 18.5 Å². The fourth-order valence-electron chi connectivity index (χ4n) is 3.19. The summed E-state index contributed by atoms with van der Waals surface area (Å²) < 4.78 is 11.6. The van der Waals surface area contributed by atoms with E-state index < -0.39 is 5.97 Å². The first-order valence-corrected chi connectivity index (χ1v) is 10.4. The maximum atomic E-state index is 12.5. The quantitative estimate of drug-likeness (QED) is 0.567. The van der Waals surface area contributed by atoms with E-state index in [-0.39, 0.29) is 17.0 Å². The van der Waals surface area contributed by atoms with Crippen molar-refractivity contribution >= 4 is 33.5 Å². The van der Waals surface area contributed by atoms with E-state index in [0.717, 1.165) is 29.3 Å². The Kier molecular flexibility index (Phi) is 7.71. The van der Waals surface area contributed by atoms with Crippen molar-refractivity contribution in [2.24, 2.45) is 0 Å². The first kappa shape index (κ1) is 21.8. The first-order valence-electron chi connectivity index (χ1n) is 9.28. The van der Waals surface area contributed by atoms with Gasteiger partial charge in [-0.15, -0.1) is 5.06 Å². The zero-order valence-electron chi connectivity index (χ0n) is 16.0. The molecule has 1 aliphatic rings. The smallest absolute Gasteiger partial charge is 0.362 e. The van der Waals surface area contributed by atoms with Crippen LogP contribution in [0.4, 0.5) is 0 Å². The lowest BCUT2D eigenvalue weighted by atomic mass is 10.0. The highest BCUT2D eigenvalue weighted by Gasteiger charge is 2.32. The molecule has 0 amide bonds. The van der Waals surface area contributed by atoms with E-state index in [9.17, 15) is 9.59 Å². The van der Waals surface area contributed by atoms with Crippen LogP contribution >= 0.6 is 27.5 Å². The maximum absolute atomic E-state index is 12.5. The van der Waals surface area contributed by atoms with Crippen LogP contribution < -0.4 is 10.2 Å². The maximum Gasteiger partial charge on any atom is 0.362 e. The number of halogens is 2. The summed E-state index contributed by atoms with van der Waals surface area (Å²) in [5.41, 5.74) is 0.489. The summed E-state index contributed by atoms with van der Waals surface area (Å²) in [6, 6.07) is 4.77. The van der Waals surface area contributed by atoms with Gasteiger partial charge in [-0.2, -0.15) is 0 Å². The minimum absolute atomic E-state index is 0.0320. The summed E-state index contributed by atoms with van der Waals surface area (Å²) in [6.07, 6.45) is 5.21. The molecule has 1 atom stereocenters. The molecule has 2 heterocycles. The van der Waals surface area contributed by atoms with Crippen molar-refractivity contribution in [1.29, 1.82) is 0 Å². The Bertz CT molecular complexity index is 920. The number of rotatable bonds is 8. The molecule has 156 valence electrons. The molecule has 0 saturated carbocycles. The summed E-state index contributed by atoms with van der Waals surface area (Å²) in [5, 5.41) is 2.10. The third-order valence-corrected chi connectivity index (χ3v) is 5.59. The number of hydrogen-bond acceptors (Lipinski definition) is 6. The lowest BCUT2D eigenvalue weighted by Gasteiger charge is -2.25. The summed E-state index contributed by atoms with van der Waals surface area (Å²) >= 11 is 9.87.